The van der Waals surface area contributed by atoms with Crippen molar-refractivity contribution in [2.24, 2.45) is 11.8 Å². The summed E-state index contributed by atoms with van der Waals surface area (Å²) in [6, 6.07) is 5.42. The monoisotopic (exact) mass is 449 g/mol. The van der Waals surface area contributed by atoms with E-state index in [1.165, 1.54) is 12.5 Å². The minimum atomic E-state index is -0.992. The average Bonchev–Trinajstić information content (AvgIpc) is 3.52. The molecule has 1 aliphatic carbocycles. The standard InChI is InChI=1S/C22H19N5O6/c28-12-4-11-3-10(1-2-16(11)33-8-12)6-24-21(30)19-18-17(25-9-26-19)15(7-23-18)27-20(29)13-5-14(13)22(31)32/h1-3,7,9,13-14,23H,4-6,8H2,(H,24,30)(H,27,29)(H,31,32)/t13-,14-/m1/s1. The maximum Gasteiger partial charge on any atom is 0.307 e. The number of hydrogen-bond donors (Lipinski definition) is 4. The first-order valence-corrected chi connectivity index (χ1v) is 10.3. The number of amides is 2. The van der Waals surface area contributed by atoms with Gasteiger partial charge in [-0.05, 0) is 24.1 Å². The second-order valence-corrected chi connectivity index (χ2v) is 8.05. The molecule has 3 aromatic rings. The van der Waals surface area contributed by atoms with Gasteiger partial charge in [0.05, 0.1) is 23.0 Å². The third kappa shape index (κ3) is 4.00. The normalized spacial score (nSPS) is 18.8. The van der Waals surface area contributed by atoms with E-state index in [0.717, 1.165) is 11.1 Å². The molecule has 3 heterocycles. The van der Waals surface area contributed by atoms with Crippen LogP contribution in [0.15, 0.2) is 30.7 Å². The minimum absolute atomic E-state index is 0.00173. The largest absolute Gasteiger partial charge is 0.486 e. The lowest BCUT2D eigenvalue weighted by Gasteiger charge is -2.17. The molecule has 5 rings (SSSR count). The van der Waals surface area contributed by atoms with E-state index in [9.17, 15) is 19.2 Å². The highest BCUT2D eigenvalue weighted by Gasteiger charge is 2.48. The van der Waals surface area contributed by atoms with Crippen LogP contribution in [0.25, 0.3) is 11.0 Å². The summed E-state index contributed by atoms with van der Waals surface area (Å²) in [6.07, 6.45) is 3.32. The van der Waals surface area contributed by atoms with Gasteiger partial charge in [0, 0.05) is 24.7 Å². The zero-order valence-electron chi connectivity index (χ0n) is 17.3. The van der Waals surface area contributed by atoms with Crippen molar-refractivity contribution in [1.82, 2.24) is 20.3 Å². The first kappa shape index (κ1) is 20.6. The third-order valence-corrected chi connectivity index (χ3v) is 5.73. The lowest BCUT2D eigenvalue weighted by atomic mass is 10.0. The SMILES string of the molecule is O=C1COc2ccc(CNC(=O)c3ncnc4c(NC(=O)[C@@H]5C[C@H]5C(=O)O)c[nH]c34)cc2C1. The molecule has 11 heteroatoms. The van der Waals surface area contributed by atoms with Crippen LogP contribution >= 0.6 is 0 Å². The van der Waals surface area contributed by atoms with Gasteiger partial charge in [0.25, 0.3) is 5.91 Å². The summed E-state index contributed by atoms with van der Waals surface area (Å²) in [5.41, 5.74) is 2.74. The van der Waals surface area contributed by atoms with Gasteiger partial charge in [0.15, 0.2) is 11.5 Å². The molecule has 1 aliphatic heterocycles. The van der Waals surface area contributed by atoms with Gasteiger partial charge in [-0.15, -0.1) is 0 Å². The van der Waals surface area contributed by atoms with Crippen molar-refractivity contribution in [2.75, 3.05) is 11.9 Å². The number of nitrogens with one attached hydrogen (secondary N) is 3. The van der Waals surface area contributed by atoms with E-state index in [4.69, 9.17) is 9.84 Å². The quantitative estimate of drug-likeness (QED) is 0.434. The van der Waals surface area contributed by atoms with Crippen LogP contribution in [-0.2, 0) is 27.3 Å². The summed E-state index contributed by atoms with van der Waals surface area (Å²) in [5, 5.41) is 14.5. The second-order valence-electron chi connectivity index (χ2n) is 8.05. The van der Waals surface area contributed by atoms with Gasteiger partial charge in [-0.1, -0.05) is 6.07 Å². The number of carbonyl (C=O) groups is 4. The maximum atomic E-state index is 12.8. The molecule has 0 spiro atoms. The summed E-state index contributed by atoms with van der Waals surface area (Å²) in [7, 11) is 0. The zero-order valence-corrected chi connectivity index (χ0v) is 17.3. The topological polar surface area (TPSA) is 163 Å². The van der Waals surface area contributed by atoms with Gasteiger partial charge < -0.3 is 25.5 Å². The molecule has 0 bridgehead atoms. The van der Waals surface area contributed by atoms with Crippen LogP contribution in [0.1, 0.15) is 28.0 Å². The Kier molecular flexibility index (Phi) is 5.00. The summed E-state index contributed by atoms with van der Waals surface area (Å²) < 4.78 is 5.38. The summed E-state index contributed by atoms with van der Waals surface area (Å²) in [6.45, 7) is 0.292. The fourth-order valence-corrected chi connectivity index (χ4v) is 3.90. The number of anilines is 1. The van der Waals surface area contributed by atoms with Gasteiger partial charge >= 0.3 is 5.97 Å². The number of nitrogens with zero attached hydrogens (tertiary/aromatic N) is 2. The predicted octanol–water partition coefficient (Wildman–Crippen LogP) is 1.05. The van der Waals surface area contributed by atoms with Crippen LogP contribution in [0.5, 0.6) is 5.75 Å². The van der Waals surface area contributed by atoms with E-state index in [-0.39, 0.29) is 24.6 Å². The number of carboxylic acid groups (broad SMARTS) is 1. The number of aromatic amines is 1. The second kappa shape index (κ2) is 8.01. The van der Waals surface area contributed by atoms with E-state index < -0.39 is 29.6 Å². The van der Waals surface area contributed by atoms with Gasteiger partial charge in [-0.25, -0.2) is 9.97 Å². The van der Waals surface area contributed by atoms with Crippen molar-refractivity contribution in [1.29, 1.82) is 0 Å². The van der Waals surface area contributed by atoms with Crippen LogP contribution in [0.3, 0.4) is 0 Å². The highest BCUT2D eigenvalue weighted by molar-refractivity contribution is 6.09. The zero-order chi connectivity index (χ0) is 23.1. The first-order chi connectivity index (χ1) is 15.9. The maximum absolute atomic E-state index is 12.8. The molecular formula is C22H19N5O6. The number of hydrogen-bond acceptors (Lipinski definition) is 7. The van der Waals surface area contributed by atoms with E-state index in [1.54, 1.807) is 6.07 Å². The van der Waals surface area contributed by atoms with E-state index in [1.807, 2.05) is 12.1 Å². The lowest BCUT2D eigenvalue weighted by molar-refractivity contribution is -0.139. The Balaban J connectivity index is 1.28. The van der Waals surface area contributed by atoms with Crippen molar-refractivity contribution in [3.05, 3.63) is 47.5 Å². The molecule has 1 saturated carbocycles. The predicted molar refractivity (Wildman–Crippen MR) is 114 cm³/mol. The number of Topliss-reactive ketones (excluding diaryl/α,β-unsaturated/α-hetero) is 1. The van der Waals surface area contributed by atoms with Crippen LogP contribution in [0.4, 0.5) is 5.69 Å². The molecule has 33 heavy (non-hydrogen) atoms. The van der Waals surface area contributed by atoms with Crippen LogP contribution in [0, 0.1) is 11.8 Å². The van der Waals surface area contributed by atoms with E-state index >= 15 is 0 Å². The van der Waals surface area contributed by atoms with E-state index in [0.29, 0.717) is 35.3 Å². The molecule has 2 atom stereocenters. The third-order valence-electron chi connectivity index (χ3n) is 5.73. The summed E-state index contributed by atoms with van der Waals surface area (Å²) in [5.74, 6) is -2.41. The molecular weight excluding hydrogens is 430 g/mol. The lowest BCUT2D eigenvalue weighted by Crippen LogP contribution is -2.25. The summed E-state index contributed by atoms with van der Waals surface area (Å²) in [4.78, 5) is 58.8. The van der Waals surface area contributed by atoms with Gasteiger partial charge in [0.2, 0.25) is 5.91 Å². The molecule has 2 amide bonds. The number of aliphatic carboxylic acids is 1. The number of carboxylic acids is 1. The Hall–Kier alpha value is -4.28. The van der Waals surface area contributed by atoms with Gasteiger partial charge in [-0.3, -0.25) is 19.2 Å². The number of benzene rings is 1. The molecule has 1 fully saturated rings. The molecule has 11 nitrogen and oxygen atoms in total. The smallest absolute Gasteiger partial charge is 0.307 e. The summed E-state index contributed by atoms with van der Waals surface area (Å²) >= 11 is 0. The fourth-order valence-electron chi connectivity index (χ4n) is 3.90. The molecule has 0 saturated heterocycles. The molecule has 0 radical (unpaired) electrons. The number of H-pyrrole nitrogens is 1. The van der Waals surface area contributed by atoms with Crippen molar-refractivity contribution < 1.29 is 29.0 Å². The highest BCUT2D eigenvalue weighted by Crippen LogP contribution is 2.39. The Bertz CT molecular complexity index is 1320. The van der Waals surface area contributed by atoms with Crippen LogP contribution in [0.2, 0.25) is 0 Å². The van der Waals surface area contributed by atoms with Crippen molar-refractivity contribution >= 4 is 40.3 Å². The molecule has 0 unspecified atom stereocenters. The van der Waals surface area contributed by atoms with Gasteiger partial charge in [0.1, 0.15) is 24.2 Å². The van der Waals surface area contributed by atoms with Crippen molar-refractivity contribution in [3.8, 4) is 5.75 Å². The van der Waals surface area contributed by atoms with Crippen LogP contribution in [-0.4, -0.2) is 50.2 Å². The van der Waals surface area contributed by atoms with Crippen molar-refractivity contribution in [3.63, 3.8) is 0 Å². The number of fused-ring (bicyclic) bond motifs is 2. The van der Waals surface area contributed by atoms with Gasteiger partial charge in [-0.2, -0.15) is 0 Å². The number of ether oxygens (including phenoxy) is 1. The minimum Gasteiger partial charge on any atom is -0.486 e. The number of ketones is 1. The molecule has 4 N–H and O–H groups in total. The molecule has 1 aromatic carbocycles. The number of aromatic nitrogens is 3. The fraction of sp³-hybridized carbons (Fsp3) is 0.273. The first-order valence-electron chi connectivity index (χ1n) is 10.3. The van der Waals surface area contributed by atoms with Crippen LogP contribution < -0.4 is 15.4 Å². The Morgan fingerprint density at radius 3 is 2.85 bits per heavy atom. The Labute approximate surface area is 186 Å². The number of rotatable bonds is 6. The highest BCUT2D eigenvalue weighted by atomic mass is 16.5. The molecule has 2 aromatic heterocycles. The molecule has 168 valence electrons. The van der Waals surface area contributed by atoms with Crippen molar-refractivity contribution in [2.45, 2.75) is 19.4 Å². The van der Waals surface area contributed by atoms with E-state index in [2.05, 4.69) is 25.6 Å². The average molecular weight is 449 g/mol. The Morgan fingerprint density at radius 1 is 1.21 bits per heavy atom. The Morgan fingerprint density at radius 2 is 2.06 bits per heavy atom. The molecule has 2 aliphatic rings. The number of carbonyl (C=O) groups excluding carboxylic acids is 3.